The first-order valence-corrected chi connectivity index (χ1v) is 10.3. The Kier molecular flexibility index (Phi) is 7.55. The van der Waals surface area contributed by atoms with E-state index in [1.54, 1.807) is 24.5 Å². The van der Waals surface area contributed by atoms with Gasteiger partial charge in [-0.1, -0.05) is 0 Å². The monoisotopic (exact) mass is 425 g/mol. The highest BCUT2D eigenvalue weighted by Crippen LogP contribution is 2.41. The number of piperidine rings is 1. The third-order valence-corrected chi connectivity index (χ3v) is 5.52. The van der Waals surface area contributed by atoms with E-state index >= 15 is 0 Å². The van der Waals surface area contributed by atoms with E-state index in [-0.39, 0.29) is 12.4 Å². The fraction of sp³-hybridized carbons (Fsp3) is 0.333. The molecule has 0 bridgehead atoms. The van der Waals surface area contributed by atoms with Gasteiger partial charge in [-0.15, -0.1) is 0 Å². The summed E-state index contributed by atoms with van der Waals surface area (Å²) in [5.74, 6) is -0.702. The maximum Gasteiger partial charge on any atom is 0.300 e. The number of halogens is 1. The number of aromatic nitrogens is 2. The number of aliphatic carboxylic acids is 1. The van der Waals surface area contributed by atoms with Gasteiger partial charge in [0.2, 0.25) is 0 Å². The minimum Gasteiger partial charge on any atom is -0.481 e. The summed E-state index contributed by atoms with van der Waals surface area (Å²) >= 11 is 0. The minimum absolute atomic E-state index is 0.0307. The van der Waals surface area contributed by atoms with Crippen molar-refractivity contribution in [2.45, 2.75) is 32.3 Å². The predicted molar refractivity (Wildman–Crippen MR) is 118 cm³/mol. The molecular weight excluding hydrogens is 397 g/mol. The number of pyridine rings is 1. The number of aromatic amines is 1. The number of H-pyrrole nitrogens is 1. The van der Waals surface area contributed by atoms with E-state index in [2.05, 4.69) is 21.9 Å². The fourth-order valence-corrected chi connectivity index (χ4v) is 4.04. The summed E-state index contributed by atoms with van der Waals surface area (Å²) in [6, 6.07) is 10.4. The van der Waals surface area contributed by atoms with Crippen molar-refractivity contribution in [2.75, 3.05) is 20.1 Å². The van der Waals surface area contributed by atoms with E-state index in [9.17, 15) is 9.50 Å². The summed E-state index contributed by atoms with van der Waals surface area (Å²) in [4.78, 5) is 19.1. The third-order valence-electron chi connectivity index (χ3n) is 5.52. The second kappa shape index (κ2) is 10.3. The Hall–Kier alpha value is -3.03. The first-order chi connectivity index (χ1) is 14.9. The van der Waals surface area contributed by atoms with Gasteiger partial charge in [0.25, 0.3) is 5.97 Å². The molecule has 7 heteroatoms. The minimum atomic E-state index is -0.833. The van der Waals surface area contributed by atoms with Gasteiger partial charge in [0.15, 0.2) is 0 Å². The molecule has 6 nitrogen and oxygen atoms in total. The number of hydrogen-bond acceptors (Lipinski definition) is 4. The van der Waals surface area contributed by atoms with Crippen molar-refractivity contribution in [2.24, 2.45) is 0 Å². The molecule has 1 saturated heterocycles. The van der Waals surface area contributed by atoms with Crippen molar-refractivity contribution >= 4 is 5.97 Å². The SMILES string of the molecule is CC(=O)O.CN1CCC(c2[nH]c(-c3ccc(F)cc3)c(-c3ccncc3)c2CO)CC1. The van der Waals surface area contributed by atoms with Crippen LogP contribution in [0, 0.1) is 5.82 Å². The van der Waals surface area contributed by atoms with Crippen LogP contribution in [0.5, 0.6) is 0 Å². The Morgan fingerprint density at radius 1 is 1.13 bits per heavy atom. The number of carboxylic acids is 1. The lowest BCUT2D eigenvalue weighted by molar-refractivity contribution is -0.134. The Morgan fingerprint density at radius 2 is 1.71 bits per heavy atom. The highest BCUT2D eigenvalue weighted by molar-refractivity contribution is 5.85. The van der Waals surface area contributed by atoms with Gasteiger partial charge in [0, 0.05) is 42.1 Å². The first kappa shape index (κ1) is 22.7. The molecule has 0 aliphatic carbocycles. The Morgan fingerprint density at radius 3 is 2.26 bits per heavy atom. The predicted octanol–water partition coefficient (Wildman–Crippen LogP) is 4.28. The standard InChI is InChI=1S/C22H24FN3O.C2H4O2/c1-26-12-8-17(9-13-26)21-19(14-27)20(15-6-10-24-11-7-15)22(25-21)16-2-4-18(23)5-3-16;1-2(3)4/h2-7,10-11,17,25,27H,8-9,12-14H2,1H3;1H3,(H,3,4). The zero-order valence-electron chi connectivity index (χ0n) is 17.8. The van der Waals surface area contributed by atoms with Crippen molar-refractivity contribution in [1.82, 2.24) is 14.9 Å². The number of aliphatic hydroxyl groups is 1. The highest BCUT2D eigenvalue weighted by atomic mass is 19.1. The second-order valence-corrected chi connectivity index (χ2v) is 7.76. The smallest absolute Gasteiger partial charge is 0.300 e. The highest BCUT2D eigenvalue weighted by Gasteiger charge is 2.27. The molecular formula is C24H28FN3O3. The molecule has 3 N–H and O–H groups in total. The molecule has 0 amide bonds. The van der Waals surface area contributed by atoms with Crippen molar-refractivity contribution in [3.8, 4) is 22.4 Å². The Bertz CT molecular complexity index is 991. The number of hydrogen-bond donors (Lipinski definition) is 3. The third kappa shape index (κ3) is 5.57. The largest absolute Gasteiger partial charge is 0.481 e. The number of aliphatic hydroxyl groups excluding tert-OH is 1. The van der Waals surface area contributed by atoms with E-state index < -0.39 is 5.97 Å². The molecule has 0 spiro atoms. The van der Waals surface area contributed by atoms with Gasteiger partial charge in [0.1, 0.15) is 5.82 Å². The van der Waals surface area contributed by atoms with Crippen molar-refractivity contribution < 1.29 is 19.4 Å². The molecule has 3 heterocycles. The van der Waals surface area contributed by atoms with Crippen LogP contribution in [0.2, 0.25) is 0 Å². The molecule has 4 rings (SSSR count). The van der Waals surface area contributed by atoms with Crippen LogP contribution in [-0.4, -0.2) is 51.2 Å². The molecule has 1 aromatic carbocycles. The molecule has 0 radical (unpaired) electrons. The van der Waals surface area contributed by atoms with Crippen LogP contribution in [0.15, 0.2) is 48.8 Å². The van der Waals surface area contributed by atoms with E-state index in [0.29, 0.717) is 5.92 Å². The van der Waals surface area contributed by atoms with Gasteiger partial charge in [-0.2, -0.15) is 0 Å². The van der Waals surface area contributed by atoms with Gasteiger partial charge in [0.05, 0.1) is 12.3 Å². The number of benzene rings is 1. The van der Waals surface area contributed by atoms with Crippen molar-refractivity contribution in [3.05, 3.63) is 65.9 Å². The molecule has 1 fully saturated rings. The lowest BCUT2D eigenvalue weighted by atomic mass is 9.89. The molecule has 164 valence electrons. The summed E-state index contributed by atoms with van der Waals surface area (Å²) in [5.41, 5.74) is 5.88. The Balaban J connectivity index is 0.000000628. The topological polar surface area (TPSA) is 89.5 Å². The van der Waals surface area contributed by atoms with Crippen LogP contribution in [0.3, 0.4) is 0 Å². The number of carboxylic acid groups (broad SMARTS) is 1. The maximum atomic E-state index is 13.4. The molecule has 1 aliphatic rings. The van der Waals surface area contributed by atoms with Gasteiger partial charge in [-0.25, -0.2) is 4.39 Å². The first-order valence-electron chi connectivity index (χ1n) is 10.3. The Labute approximate surface area is 181 Å². The van der Waals surface area contributed by atoms with Gasteiger partial charge >= 0.3 is 0 Å². The van der Waals surface area contributed by atoms with Gasteiger partial charge in [-0.05, 0) is 80.5 Å². The molecule has 0 atom stereocenters. The lowest BCUT2D eigenvalue weighted by Gasteiger charge is -2.29. The number of nitrogens with zero attached hydrogens (tertiary/aromatic N) is 2. The van der Waals surface area contributed by atoms with Crippen LogP contribution in [0.4, 0.5) is 4.39 Å². The summed E-state index contributed by atoms with van der Waals surface area (Å²) in [7, 11) is 2.14. The number of nitrogens with one attached hydrogen (secondary N) is 1. The van der Waals surface area contributed by atoms with Crippen LogP contribution in [0.1, 0.15) is 36.9 Å². The average Bonchev–Trinajstić information content (AvgIpc) is 3.14. The number of rotatable bonds is 4. The maximum absolute atomic E-state index is 13.4. The summed E-state index contributed by atoms with van der Waals surface area (Å²) < 4.78 is 13.4. The van der Waals surface area contributed by atoms with Gasteiger partial charge < -0.3 is 20.1 Å². The lowest BCUT2D eigenvalue weighted by Crippen LogP contribution is -2.29. The number of likely N-dealkylation sites (tertiary alicyclic amines) is 1. The molecule has 0 unspecified atom stereocenters. The van der Waals surface area contributed by atoms with E-state index in [1.807, 2.05) is 12.1 Å². The van der Waals surface area contributed by atoms with E-state index in [1.165, 1.54) is 12.1 Å². The van der Waals surface area contributed by atoms with Crippen molar-refractivity contribution in [1.29, 1.82) is 0 Å². The van der Waals surface area contributed by atoms with Crippen LogP contribution < -0.4 is 0 Å². The average molecular weight is 426 g/mol. The van der Waals surface area contributed by atoms with Gasteiger partial charge in [-0.3, -0.25) is 9.78 Å². The molecule has 3 aromatic rings. The van der Waals surface area contributed by atoms with Crippen LogP contribution in [0.25, 0.3) is 22.4 Å². The number of carbonyl (C=O) groups is 1. The van der Waals surface area contributed by atoms with E-state index in [0.717, 1.165) is 66.5 Å². The van der Waals surface area contributed by atoms with Crippen molar-refractivity contribution in [3.63, 3.8) is 0 Å². The van der Waals surface area contributed by atoms with Crippen LogP contribution in [-0.2, 0) is 11.4 Å². The molecule has 2 aromatic heterocycles. The quantitative estimate of drug-likeness (QED) is 0.581. The summed E-state index contributed by atoms with van der Waals surface area (Å²) in [6.07, 6.45) is 5.63. The fourth-order valence-electron chi connectivity index (χ4n) is 4.04. The zero-order chi connectivity index (χ0) is 22.4. The molecule has 1 aliphatic heterocycles. The van der Waals surface area contributed by atoms with E-state index in [4.69, 9.17) is 9.90 Å². The zero-order valence-corrected chi connectivity index (χ0v) is 17.8. The summed E-state index contributed by atoms with van der Waals surface area (Å²) in [6.45, 7) is 3.15. The summed E-state index contributed by atoms with van der Waals surface area (Å²) in [5, 5.41) is 17.7. The normalized spacial score (nSPS) is 14.7. The molecule has 31 heavy (non-hydrogen) atoms. The second-order valence-electron chi connectivity index (χ2n) is 7.76. The van der Waals surface area contributed by atoms with Crippen LogP contribution >= 0.6 is 0 Å². The molecule has 0 saturated carbocycles.